The Bertz CT molecular complexity index is 1940. The highest BCUT2D eigenvalue weighted by Gasteiger charge is 2.45. The zero-order chi connectivity index (χ0) is 37.4. The van der Waals surface area contributed by atoms with Crippen molar-refractivity contribution in [2.45, 2.75) is 81.1 Å². The fraction of sp³-hybridized carbons (Fsp3) is 0.474. The van der Waals surface area contributed by atoms with Gasteiger partial charge in [0.05, 0.1) is 20.8 Å². The van der Waals surface area contributed by atoms with Crippen molar-refractivity contribution in [2.75, 3.05) is 37.9 Å². The number of likely N-dealkylation sites (N-methyl/N-ethyl adjacent to an activating group) is 1. The number of benzene rings is 2. The van der Waals surface area contributed by atoms with Gasteiger partial charge in [-0.15, -0.1) is 0 Å². The Kier molecular flexibility index (Phi) is 10.6. The molecule has 1 unspecified atom stereocenters. The van der Waals surface area contributed by atoms with Gasteiger partial charge < -0.3 is 19.7 Å². The third-order valence-electron chi connectivity index (χ3n) is 10.8. The molecule has 2 saturated carbocycles. The van der Waals surface area contributed by atoms with Crippen molar-refractivity contribution < 1.29 is 35.5 Å². The van der Waals surface area contributed by atoms with Gasteiger partial charge in [-0.2, -0.15) is 13.2 Å². The van der Waals surface area contributed by atoms with Crippen LogP contribution in [0.3, 0.4) is 0 Å². The first-order valence-corrected chi connectivity index (χ1v) is 18.8. The van der Waals surface area contributed by atoms with E-state index in [1.54, 1.807) is 18.2 Å². The summed E-state index contributed by atoms with van der Waals surface area (Å²) in [7, 11) is 2.36. The zero-order valence-corrected chi connectivity index (χ0v) is 30.8. The van der Waals surface area contributed by atoms with Crippen LogP contribution in [0.5, 0.6) is 11.5 Å². The Morgan fingerprint density at radius 1 is 1.04 bits per heavy atom. The van der Waals surface area contributed by atoms with E-state index >= 15 is 4.39 Å². The van der Waals surface area contributed by atoms with Crippen LogP contribution >= 0.6 is 0 Å². The molecule has 0 radical (unpaired) electrons. The van der Waals surface area contributed by atoms with Crippen LogP contribution in [0.4, 0.5) is 29.1 Å². The predicted octanol–water partition coefficient (Wildman–Crippen LogP) is 7.87. The van der Waals surface area contributed by atoms with E-state index in [2.05, 4.69) is 20.2 Å². The number of hydrogen-bond acceptors (Lipinski definition) is 8. The van der Waals surface area contributed by atoms with Crippen molar-refractivity contribution in [3.8, 4) is 11.5 Å². The predicted molar refractivity (Wildman–Crippen MR) is 192 cm³/mol. The van der Waals surface area contributed by atoms with Crippen molar-refractivity contribution in [1.82, 2.24) is 14.9 Å². The molecule has 52 heavy (non-hydrogen) atoms. The normalized spacial score (nSPS) is 23.7. The number of aromatic nitrogens is 2. The molecular formula is C38H45F4N5O4S. The first-order valence-electron chi connectivity index (χ1n) is 17.4. The summed E-state index contributed by atoms with van der Waals surface area (Å²) in [5.74, 6) is 0.131. The van der Waals surface area contributed by atoms with Crippen LogP contribution in [0.1, 0.15) is 62.5 Å². The van der Waals surface area contributed by atoms with Gasteiger partial charge in [0.25, 0.3) is 10.0 Å². The SMILES string of the molecule is COc1ccc(CN(c2ccncn2)S(=O)(=O)c2cc(C3CC3)c(N[C@H]3CC[C@H](C4(C)C=CC=C(C(F)(F)F)C4)C[C@@H]3N(C)C)cc2F)c(OC)c1. The van der Waals surface area contributed by atoms with E-state index in [4.69, 9.17) is 9.47 Å². The molecule has 3 aliphatic carbocycles. The molecule has 14 heteroatoms. The molecule has 1 aromatic heterocycles. The van der Waals surface area contributed by atoms with Crippen molar-refractivity contribution >= 4 is 21.5 Å². The fourth-order valence-electron chi connectivity index (χ4n) is 7.67. The van der Waals surface area contributed by atoms with Crippen LogP contribution < -0.4 is 19.1 Å². The molecule has 4 atom stereocenters. The minimum atomic E-state index is -4.51. The van der Waals surface area contributed by atoms with Gasteiger partial charge in [-0.1, -0.05) is 25.2 Å². The van der Waals surface area contributed by atoms with Crippen LogP contribution in [-0.2, 0) is 16.6 Å². The molecule has 0 amide bonds. The minimum Gasteiger partial charge on any atom is -0.497 e. The molecule has 280 valence electrons. The van der Waals surface area contributed by atoms with Gasteiger partial charge >= 0.3 is 6.18 Å². The van der Waals surface area contributed by atoms with Crippen LogP contribution in [0, 0.1) is 17.2 Å². The van der Waals surface area contributed by atoms with E-state index < -0.39 is 37.9 Å². The molecule has 1 heterocycles. The van der Waals surface area contributed by atoms with Crippen molar-refractivity contribution in [3.05, 3.63) is 89.7 Å². The van der Waals surface area contributed by atoms with Gasteiger partial charge in [-0.05, 0) is 99.7 Å². The topological polar surface area (TPSA) is 96.9 Å². The molecule has 3 aliphatic rings. The number of alkyl halides is 3. The van der Waals surface area contributed by atoms with Crippen LogP contribution in [0.25, 0.3) is 0 Å². The lowest BCUT2D eigenvalue weighted by Gasteiger charge is -2.47. The van der Waals surface area contributed by atoms with Crippen molar-refractivity contribution in [1.29, 1.82) is 0 Å². The van der Waals surface area contributed by atoms with Crippen LogP contribution in [-0.4, -0.2) is 69.9 Å². The Labute approximate surface area is 302 Å². The maximum absolute atomic E-state index is 16.3. The standard InChI is InChI=1S/C38H45F4N5O4S/c1-37(15-6-7-27(21-37)38(40,41)42)26-11-13-31(33(17-26)46(2)3)45-32-20-30(39)35(19-29(32)24-8-9-24)52(48,49)47(36-14-16-43-23-44-36)22-25-10-12-28(50-4)18-34(25)51-5/h6-7,10,12,14-16,18-20,23-24,26,31,33,45H,8-9,11,13,17,21-22H2,1-5H3/t26-,31-,33-,37?/m0/s1. The number of methoxy groups -OCH3 is 2. The summed E-state index contributed by atoms with van der Waals surface area (Å²) in [5.41, 5.74) is 0.600. The second kappa shape index (κ2) is 14.7. The monoisotopic (exact) mass is 743 g/mol. The van der Waals surface area contributed by atoms with Gasteiger partial charge in [-0.3, -0.25) is 0 Å². The molecule has 0 bridgehead atoms. The van der Waals surface area contributed by atoms with Crippen LogP contribution in [0.15, 0.2) is 77.6 Å². The number of anilines is 2. The summed E-state index contributed by atoms with van der Waals surface area (Å²) in [6.45, 7) is 1.70. The molecule has 1 N–H and O–H groups in total. The summed E-state index contributed by atoms with van der Waals surface area (Å²) in [4.78, 5) is 9.74. The molecule has 3 aromatic rings. The molecule has 0 aliphatic heterocycles. The summed E-state index contributed by atoms with van der Waals surface area (Å²) in [5, 5.41) is 3.57. The zero-order valence-electron chi connectivity index (χ0n) is 30.0. The Morgan fingerprint density at radius 2 is 1.81 bits per heavy atom. The van der Waals surface area contributed by atoms with E-state index in [0.29, 0.717) is 47.6 Å². The first kappa shape index (κ1) is 37.6. The number of halogens is 4. The number of allylic oxidation sites excluding steroid dienone is 4. The van der Waals surface area contributed by atoms with Gasteiger partial charge in [-0.25, -0.2) is 27.1 Å². The Hall–Kier alpha value is -4.17. The highest BCUT2D eigenvalue weighted by atomic mass is 32.2. The molecule has 6 rings (SSSR count). The number of nitrogens with one attached hydrogen (secondary N) is 1. The van der Waals surface area contributed by atoms with Gasteiger partial charge in [0.15, 0.2) is 0 Å². The van der Waals surface area contributed by atoms with E-state index in [1.807, 2.05) is 27.1 Å². The number of nitrogens with zero attached hydrogens (tertiary/aromatic N) is 4. The lowest BCUT2D eigenvalue weighted by Crippen LogP contribution is -2.50. The third kappa shape index (κ3) is 7.78. The minimum absolute atomic E-state index is 0.00418. The van der Waals surface area contributed by atoms with Crippen LogP contribution in [0.2, 0.25) is 0 Å². The fourth-order valence-corrected chi connectivity index (χ4v) is 9.15. The van der Waals surface area contributed by atoms with Gasteiger partial charge in [0, 0.05) is 47.2 Å². The summed E-state index contributed by atoms with van der Waals surface area (Å²) < 4.78 is 98.2. The quantitative estimate of drug-likeness (QED) is 0.187. The summed E-state index contributed by atoms with van der Waals surface area (Å²) in [6, 6.07) is 8.99. The molecule has 2 fully saturated rings. The maximum atomic E-state index is 16.3. The first-order chi connectivity index (χ1) is 24.6. The molecule has 0 spiro atoms. The van der Waals surface area contributed by atoms with Gasteiger partial charge in [0.1, 0.15) is 34.4 Å². The summed E-state index contributed by atoms with van der Waals surface area (Å²) in [6.07, 6.45) is 6.46. The lowest BCUT2D eigenvalue weighted by molar-refractivity contribution is -0.0982. The second-order valence-electron chi connectivity index (χ2n) is 14.4. The van der Waals surface area contributed by atoms with E-state index in [0.717, 1.165) is 17.1 Å². The number of rotatable bonds is 12. The van der Waals surface area contributed by atoms with E-state index in [-0.39, 0.29) is 42.7 Å². The highest BCUT2D eigenvalue weighted by molar-refractivity contribution is 7.92. The number of ether oxygens (including phenoxy) is 2. The highest BCUT2D eigenvalue weighted by Crippen LogP contribution is 2.50. The van der Waals surface area contributed by atoms with Crippen molar-refractivity contribution in [2.24, 2.45) is 11.3 Å². The lowest BCUT2D eigenvalue weighted by atomic mass is 9.63. The third-order valence-corrected chi connectivity index (χ3v) is 12.5. The maximum Gasteiger partial charge on any atom is 0.412 e. The van der Waals surface area contributed by atoms with E-state index in [9.17, 15) is 21.6 Å². The number of hydrogen-bond donors (Lipinski definition) is 1. The molecule has 2 aromatic carbocycles. The largest absolute Gasteiger partial charge is 0.497 e. The average Bonchev–Trinajstić information content (AvgIpc) is 3.96. The Balaban J connectivity index is 1.30. The summed E-state index contributed by atoms with van der Waals surface area (Å²) >= 11 is 0. The molecule has 0 saturated heterocycles. The van der Waals surface area contributed by atoms with Crippen molar-refractivity contribution in [3.63, 3.8) is 0 Å². The molecular weight excluding hydrogens is 699 g/mol. The Morgan fingerprint density at radius 3 is 2.44 bits per heavy atom. The van der Waals surface area contributed by atoms with Gasteiger partial charge in [0.2, 0.25) is 0 Å². The van der Waals surface area contributed by atoms with E-state index in [1.165, 1.54) is 57.1 Å². The average molecular weight is 744 g/mol. The smallest absolute Gasteiger partial charge is 0.412 e. The molecule has 9 nitrogen and oxygen atoms in total. The number of sulfonamides is 1. The second-order valence-corrected chi connectivity index (χ2v) is 16.3.